The van der Waals surface area contributed by atoms with Crippen molar-refractivity contribution in [2.24, 2.45) is 0 Å². The Balaban J connectivity index is 2.32. The number of rotatable bonds is 7. The molecule has 0 amide bonds. The minimum absolute atomic E-state index is 0.225. The van der Waals surface area contributed by atoms with E-state index < -0.39 is 17.9 Å². The number of carbonyl (C=O) groups is 2. The highest BCUT2D eigenvalue weighted by Crippen LogP contribution is 2.44. The zero-order valence-electron chi connectivity index (χ0n) is 18.0. The van der Waals surface area contributed by atoms with Gasteiger partial charge in [0, 0.05) is 17.9 Å². The van der Waals surface area contributed by atoms with Crippen molar-refractivity contribution in [2.75, 3.05) is 19.8 Å². The molecule has 1 aliphatic heterocycles. The zero-order valence-corrected chi connectivity index (χ0v) is 18.0. The predicted octanol–water partition coefficient (Wildman–Crippen LogP) is 3.71. The summed E-state index contributed by atoms with van der Waals surface area (Å²) in [5.74, 6) is -1.64. The standard InChI is InChI=1S/C22H27N3O5/c1-6-12-25-13(4)17(21(26)28-7-2)19(18(14(25)5)22(27)29-8-3)15-10-9-11-16-20(15)24-30-23-16/h9-11,19H,6-8,12H2,1-5H3. The van der Waals surface area contributed by atoms with E-state index in [9.17, 15) is 9.59 Å². The lowest BCUT2D eigenvalue weighted by Gasteiger charge is -2.37. The van der Waals surface area contributed by atoms with Crippen molar-refractivity contribution in [3.63, 3.8) is 0 Å². The van der Waals surface area contributed by atoms with Crippen molar-refractivity contribution < 1.29 is 23.7 Å². The maximum absolute atomic E-state index is 13.1. The topological polar surface area (TPSA) is 94.8 Å². The number of hydrogen-bond acceptors (Lipinski definition) is 8. The van der Waals surface area contributed by atoms with E-state index in [1.54, 1.807) is 26.0 Å². The summed E-state index contributed by atoms with van der Waals surface area (Å²) in [4.78, 5) is 28.2. The van der Waals surface area contributed by atoms with Gasteiger partial charge in [0.25, 0.3) is 0 Å². The molecule has 0 bridgehead atoms. The van der Waals surface area contributed by atoms with Crippen LogP contribution in [0.4, 0.5) is 0 Å². The summed E-state index contributed by atoms with van der Waals surface area (Å²) in [5, 5.41) is 7.94. The fourth-order valence-electron chi connectivity index (χ4n) is 3.98. The van der Waals surface area contributed by atoms with Crippen LogP contribution < -0.4 is 0 Å². The molecule has 0 saturated heterocycles. The third kappa shape index (κ3) is 3.69. The van der Waals surface area contributed by atoms with E-state index in [0.717, 1.165) is 17.8 Å². The number of esters is 2. The lowest BCUT2D eigenvalue weighted by Crippen LogP contribution is -2.36. The Bertz CT molecular complexity index is 979. The van der Waals surface area contributed by atoms with Gasteiger partial charge < -0.3 is 14.4 Å². The molecule has 0 spiro atoms. The molecule has 0 unspecified atom stereocenters. The van der Waals surface area contributed by atoms with Crippen LogP contribution in [0.15, 0.2) is 45.4 Å². The molecule has 0 aliphatic carbocycles. The molecular weight excluding hydrogens is 386 g/mol. The van der Waals surface area contributed by atoms with Gasteiger partial charge in [0.2, 0.25) is 0 Å². The van der Waals surface area contributed by atoms with Gasteiger partial charge >= 0.3 is 11.9 Å². The largest absolute Gasteiger partial charge is 0.463 e. The van der Waals surface area contributed by atoms with Gasteiger partial charge in [0.1, 0.15) is 11.0 Å². The van der Waals surface area contributed by atoms with E-state index in [-0.39, 0.29) is 13.2 Å². The van der Waals surface area contributed by atoms with E-state index in [0.29, 0.717) is 34.3 Å². The lowest BCUT2D eigenvalue weighted by atomic mass is 9.79. The van der Waals surface area contributed by atoms with Crippen LogP contribution in [0.25, 0.3) is 11.0 Å². The number of benzene rings is 1. The molecule has 0 N–H and O–H groups in total. The fraction of sp³-hybridized carbons (Fsp3) is 0.455. The van der Waals surface area contributed by atoms with Crippen LogP contribution >= 0.6 is 0 Å². The number of allylic oxidation sites excluding steroid dienone is 2. The smallest absolute Gasteiger partial charge is 0.336 e. The van der Waals surface area contributed by atoms with Gasteiger partial charge in [-0.3, -0.25) is 0 Å². The van der Waals surface area contributed by atoms with Gasteiger partial charge in [-0.15, -0.1) is 0 Å². The van der Waals surface area contributed by atoms with Crippen molar-refractivity contribution in [1.82, 2.24) is 15.2 Å². The number of aromatic nitrogens is 2. The van der Waals surface area contributed by atoms with Crippen molar-refractivity contribution in [2.45, 2.75) is 47.0 Å². The van der Waals surface area contributed by atoms with Crippen LogP contribution in [0.5, 0.6) is 0 Å². The molecule has 1 aliphatic rings. The highest BCUT2D eigenvalue weighted by Gasteiger charge is 2.41. The van der Waals surface area contributed by atoms with Gasteiger partial charge in [0.15, 0.2) is 0 Å². The molecule has 2 aromatic rings. The third-order valence-corrected chi connectivity index (χ3v) is 5.23. The SMILES string of the molecule is CCCN1C(C)=C(C(=O)OCC)C(c2cccc3nonc23)C(C(=O)OCC)=C1C. The van der Waals surface area contributed by atoms with E-state index in [4.69, 9.17) is 14.1 Å². The Morgan fingerprint density at radius 2 is 1.60 bits per heavy atom. The first kappa shape index (κ1) is 21.5. The van der Waals surface area contributed by atoms with Crippen LogP contribution in [-0.2, 0) is 19.1 Å². The molecule has 160 valence electrons. The van der Waals surface area contributed by atoms with Gasteiger partial charge in [0.05, 0.1) is 30.3 Å². The van der Waals surface area contributed by atoms with Crippen molar-refractivity contribution in [3.05, 3.63) is 46.3 Å². The first-order valence-corrected chi connectivity index (χ1v) is 10.2. The summed E-state index contributed by atoms with van der Waals surface area (Å²) >= 11 is 0. The Labute approximate surface area is 175 Å². The van der Waals surface area contributed by atoms with Gasteiger partial charge in [-0.25, -0.2) is 14.2 Å². The molecule has 2 heterocycles. The average molecular weight is 413 g/mol. The summed E-state index contributed by atoms with van der Waals surface area (Å²) in [6, 6.07) is 5.39. The Hall–Kier alpha value is -3.16. The number of carbonyl (C=O) groups excluding carboxylic acids is 2. The quantitative estimate of drug-likeness (QED) is 0.634. The van der Waals surface area contributed by atoms with E-state index in [2.05, 4.69) is 10.3 Å². The second-order valence-electron chi connectivity index (χ2n) is 7.00. The van der Waals surface area contributed by atoms with Crippen molar-refractivity contribution in [1.29, 1.82) is 0 Å². The number of ether oxygens (including phenoxy) is 2. The number of nitrogens with zero attached hydrogens (tertiary/aromatic N) is 3. The van der Waals surface area contributed by atoms with Crippen LogP contribution in [0.3, 0.4) is 0 Å². The maximum atomic E-state index is 13.1. The Morgan fingerprint density at radius 1 is 1.00 bits per heavy atom. The van der Waals surface area contributed by atoms with Gasteiger partial charge in [-0.1, -0.05) is 19.1 Å². The Kier molecular flexibility index (Phi) is 6.54. The summed E-state index contributed by atoms with van der Waals surface area (Å²) < 4.78 is 15.7. The van der Waals surface area contributed by atoms with Crippen LogP contribution in [0, 0.1) is 0 Å². The van der Waals surface area contributed by atoms with Crippen LogP contribution in [0.2, 0.25) is 0 Å². The van der Waals surface area contributed by atoms with Gasteiger partial charge in [-0.05, 0) is 56.1 Å². The summed E-state index contributed by atoms with van der Waals surface area (Å²) in [5.41, 5.74) is 3.98. The molecule has 30 heavy (non-hydrogen) atoms. The number of fused-ring (bicyclic) bond motifs is 1. The summed E-state index contributed by atoms with van der Waals surface area (Å²) in [6.45, 7) is 10.4. The van der Waals surface area contributed by atoms with Crippen molar-refractivity contribution in [3.8, 4) is 0 Å². The number of hydrogen-bond donors (Lipinski definition) is 0. The normalized spacial score (nSPS) is 15.2. The molecular formula is C22H27N3O5. The Morgan fingerprint density at radius 3 is 2.13 bits per heavy atom. The zero-order chi connectivity index (χ0) is 21.8. The third-order valence-electron chi connectivity index (χ3n) is 5.23. The van der Waals surface area contributed by atoms with Crippen molar-refractivity contribution >= 4 is 23.0 Å². The van der Waals surface area contributed by atoms with Crippen LogP contribution in [-0.4, -0.2) is 46.9 Å². The summed E-state index contributed by atoms with van der Waals surface area (Å²) in [6.07, 6.45) is 0.842. The molecule has 8 heteroatoms. The molecule has 8 nitrogen and oxygen atoms in total. The van der Waals surface area contributed by atoms with Crippen LogP contribution in [0.1, 0.15) is 52.5 Å². The molecule has 0 fully saturated rings. The second-order valence-corrected chi connectivity index (χ2v) is 7.00. The molecule has 1 aromatic heterocycles. The maximum Gasteiger partial charge on any atom is 0.336 e. The molecule has 0 atom stereocenters. The van der Waals surface area contributed by atoms with E-state index >= 15 is 0 Å². The first-order chi connectivity index (χ1) is 14.5. The molecule has 1 aromatic carbocycles. The van der Waals surface area contributed by atoms with E-state index in [1.165, 1.54) is 0 Å². The van der Waals surface area contributed by atoms with Gasteiger partial charge in [-0.2, -0.15) is 0 Å². The minimum Gasteiger partial charge on any atom is -0.463 e. The predicted molar refractivity (Wildman–Crippen MR) is 110 cm³/mol. The summed E-state index contributed by atoms with van der Waals surface area (Å²) in [7, 11) is 0. The molecule has 0 saturated carbocycles. The highest BCUT2D eigenvalue weighted by atomic mass is 16.6. The lowest BCUT2D eigenvalue weighted by molar-refractivity contribution is -0.139. The first-order valence-electron chi connectivity index (χ1n) is 10.2. The second kappa shape index (κ2) is 9.11. The minimum atomic E-state index is -0.702. The molecule has 3 rings (SSSR count). The fourth-order valence-corrected chi connectivity index (χ4v) is 3.98. The van der Waals surface area contributed by atoms with E-state index in [1.807, 2.05) is 31.7 Å². The average Bonchev–Trinajstić information content (AvgIpc) is 3.20. The molecule has 0 radical (unpaired) electrons. The highest BCUT2D eigenvalue weighted by molar-refractivity contribution is 6.01. The monoisotopic (exact) mass is 413 g/mol.